The van der Waals surface area contributed by atoms with Gasteiger partial charge in [0.25, 0.3) is 0 Å². The number of hydrogen-bond donors (Lipinski definition) is 2. The first-order chi connectivity index (χ1) is 6.33. The summed E-state index contributed by atoms with van der Waals surface area (Å²) in [6.45, 7) is 4.00. The Morgan fingerprint density at radius 3 is 1.85 bits per heavy atom. The van der Waals surface area contributed by atoms with E-state index in [9.17, 15) is 4.39 Å². The minimum Gasteiger partial charge on any atom is -0.308 e. The van der Waals surface area contributed by atoms with Crippen molar-refractivity contribution < 1.29 is 4.39 Å². The molecule has 0 saturated heterocycles. The lowest BCUT2D eigenvalue weighted by Crippen LogP contribution is -1.78. The zero-order valence-electron chi connectivity index (χ0n) is 8.21. The van der Waals surface area contributed by atoms with Gasteiger partial charge in [-0.05, 0) is 24.0 Å². The SMILES string of the molecule is CC.CS.N=Cc1ccc(F)cc1. The minimum absolute atomic E-state index is 0.263. The van der Waals surface area contributed by atoms with Crippen LogP contribution in [0.15, 0.2) is 24.3 Å². The van der Waals surface area contributed by atoms with Crippen LogP contribution in [0.5, 0.6) is 0 Å². The Labute approximate surface area is 84.9 Å². The van der Waals surface area contributed by atoms with Gasteiger partial charge < -0.3 is 5.41 Å². The summed E-state index contributed by atoms with van der Waals surface area (Å²) in [4.78, 5) is 0. The molecule has 1 N–H and O–H groups in total. The van der Waals surface area contributed by atoms with E-state index in [0.29, 0.717) is 0 Å². The lowest BCUT2D eigenvalue weighted by Gasteiger charge is -1.87. The standard InChI is InChI=1S/C7H6FN.C2H6.CH4S/c8-7-3-1-6(5-9)2-4-7;2*1-2/h1-5,9H;1-2H3;2H,1H3. The highest BCUT2D eigenvalue weighted by molar-refractivity contribution is 7.79. The van der Waals surface area contributed by atoms with Gasteiger partial charge in [-0.3, -0.25) is 0 Å². The topological polar surface area (TPSA) is 23.9 Å². The van der Waals surface area contributed by atoms with E-state index < -0.39 is 0 Å². The van der Waals surface area contributed by atoms with Crippen molar-refractivity contribution in [1.29, 1.82) is 5.41 Å². The zero-order valence-corrected chi connectivity index (χ0v) is 9.11. The fourth-order valence-corrected chi connectivity index (χ4v) is 0.559. The second-order valence-electron chi connectivity index (χ2n) is 1.70. The average molecular weight is 201 g/mol. The highest BCUT2D eigenvalue weighted by Gasteiger charge is 1.86. The Morgan fingerprint density at radius 1 is 1.15 bits per heavy atom. The van der Waals surface area contributed by atoms with Crippen molar-refractivity contribution >= 4 is 18.8 Å². The van der Waals surface area contributed by atoms with E-state index in [1.54, 1.807) is 18.4 Å². The molecule has 74 valence electrons. The Balaban J connectivity index is 0. The van der Waals surface area contributed by atoms with Crippen LogP contribution in [0, 0.1) is 11.2 Å². The lowest BCUT2D eigenvalue weighted by atomic mass is 10.2. The maximum atomic E-state index is 12.1. The number of hydrogen-bond acceptors (Lipinski definition) is 2. The number of rotatable bonds is 1. The van der Waals surface area contributed by atoms with Crippen molar-refractivity contribution in [2.45, 2.75) is 13.8 Å². The molecule has 0 aliphatic carbocycles. The molecule has 0 atom stereocenters. The van der Waals surface area contributed by atoms with E-state index in [4.69, 9.17) is 5.41 Å². The zero-order chi connectivity index (χ0) is 10.7. The summed E-state index contributed by atoms with van der Waals surface area (Å²) in [6.07, 6.45) is 2.87. The summed E-state index contributed by atoms with van der Waals surface area (Å²) in [5.74, 6) is -0.263. The van der Waals surface area contributed by atoms with Crippen molar-refractivity contribution in [3.63, 3.8) is 0 Å². The third kappa shape index (κ3) is 7.53. The average Bonchev–Trinajstić information content (AvgIpc) is 2.25. The van der Waals surface area contributed by atoms with Crippen molar-refractivity contribution in [2.24, 2.45) is 0 Å². The molecular formula is C10H16FNS. The van der Waals surface area contributed by atoms with Crippen molar-refractivity contribution in [2.75, 3.05) is 6.26 Å². The molecule has 1 rings (SSSR count). The molecule has 0 aromatic heterocycles. The van der Waals surface area contributed by atoms with E-state index in [1.807, 2.05) is 13.8 Å². The molecule has 0 bridgehead atoms. The maximum absolute atomic E-state index is 12.1. The van der Waals surface area contributed by atoms with E-state index in [-0.39, 0.29) is 5.82 Å². The highest BCUT2D eigenvalue weighted by atomic mass is 32.1. The summed E-state index contributed by atoms with van der Waals surface area (Å²) in [6, 6.07) is 5.78. The molecule has 1 aromatic carbocycles. The van der Waals surface area contributed by atoms with Gasteiger partial charge in [0.1, 0.15) is 5.82 Å². The van der Waals surface area contributed by atoms with Crippen LogP contribution in [0.1, 0.15) is 19.4 Å². The van der Waals surface area contributed by atoms with Gasteiger partial charge in [-0.1, -0.05) is 26.0 Å². The summed E-state index contributed by atoms with van der Waals surface area (Å²) in [5, 5.41) is 6.77. The van der Waals surface area contributed by atoms with Crippen molar-refractivity contribution in [1.82, 2.24) is 0 Å². The Morgan fingerprint density at radius 2 is 1.54 bits per heavy atom. The van der Waals surface area contributed by atoms with Crippen LogP contribution in [0.2, 0.25) is 0 Å². The highest BCUT2D eigenvalue weighted by Crippen LogP contribution is 1.98. The van der Waals surface area contributed by atoms with Gasteiger partial charge >= 0.3 is 0 Å². The molecule has 1 aromatic rings. The molecule has 3 heteroatoms. The molecule has 0 aliphatic rings. The molecule has 0 radical (unpaired) electrons. The molecule has 0 spiro atoms. The second-order valence-corrected chi connectivity index (χ2v) is 1.70. The third-order valence-corrected chi connectivity index (χ3v) is 1.04. The van der Waals surface area contributed by atoms with Crippen molar-refractivity contribution in [3.05, 3.63) is 35.6 Å². The first-order valence-corrected chi connectivity index (χ1v) is 4.93. The molecule has 0 aliphatic heterocycles. The summed E-state index contributed by atoms with van der Waals surface area (Å²) in [5.41, 5.74) is 0.719. The Kier molecular flexibility index (Phi) is 12.6. The normalized spacial score (nSPS) is 7.15. The first-order valence-electron chi connectivity index (χ1n) is 4.03. The van der Waals surface area contributed by atoms with E-state index in [2.05, 4.69) is 12.6 Å². The van der Waals surface area contributed by atoms with Gasteiger partial charge in [-0.15, -0.1) is 0 Å². The van der Waals surface area contributed by atoms with E-state index in [1.165, 1.54) is 18.3 Å². The minimum atomic E-state index is -0.263. The third-order valence-electron chi connectivity index (χ3n) is 1.04. The summed E-state index contributed by atoms with van der Waals surface area (Å²) < 4.78 is 12.1. The lowest BCUT2D eigenvalue weighted by molar-refractivity contribution is 0.628. The van der Waals surface area contributed by atoms with Crippen molar-refractivity contribution in [3.8, 4) is 0 Å². The van der Waals surface area contributed by atoms with Crippen LogP contribution < -0.4 is 0 Å². The number of nitrogens with one attached hydrogen (secondary N) is 1. The smallest absolute Gasteiger partial charge is 0.123 e. The fourth-order valence-electron chi connectivity index (χ4n) is 0.559. The molecule has 0 unspecified atom stereocenters. The summed E-state index contributed by atoms with van der Waals surface area (Å²) in [7, 11) is 0. The summed E-state index contributed by atoms with van der Waals surface area (Å²) >= 11 is 3.53. The Bertz CT molecular complexity index is 209. The van der Waals surface area contributed by atoms with Gasteiger partial charge in [-0.2, -0.15) is 12.6 Å². The number of benzene rings is 1. The second kappa shape index (κ2) is 11.2. The van der Waals surface area contributed by atoms with Crippen LogP contribution in [-0.2, 0) is 0 Å². The number of halogens is 1. The van der Waals surface area contributed by atoms with E-state index in [0.717, 1.165) is 5.56 Å². The van der Waals surface area contributed by atoms with Crippen LogP contribution in [-0.4, -0.2) is 12.5 Å². The van der Waals surface area contributed by atoms with Gasteiger partial charge in [0.15, 0.2) is 0 Å². The van der Waals surface area contributed by atoms with Gasteiger partial charge in [0.05, 0.1) is 0 Å². The van der Waals surface area contributed by atoms with Gasteiger partial charge in [0, 0.05) is 6.21 Å². The van der Waals surface area contributed by atoms with E-state index >= 15 is 0 Å². The predicted octanol–water partition coefficient (Wildman–Crippen LogP) is 3.40. The molecule has 13 heavy (non-hydrogen) atoms. The monoisotopic (exact) mass is 201 g/mol. The van der Waals surface area contributed by atoms with Crippen LogP contribution in [0.3, 0.4) is 0 Å². The van der Waals surface area contributed by atoms with Crippen LogP contribution in [0.4, 0.5) is 4.39 Å². The molecule has 1 nitrogen and oxygen atoms in total. The predicted molar refractivity (Wildman–Crippen MR) is 60.5 cm³/mol. The maximum Gasteiger partial charge on any atom is 0.123 e. The van der Waals surface area contributed by atoms with Crippen LogP contribution in [0.25, 0.3) is 0 Å². The molecule has 0 heterocycles. The first kappa shape index (κ1) is 14.7. The van der Waals surface area contributed by atoms with Crippen LogP contribution >= 0.6 is 12.6 Å². The molecular weight excluding hydrogens is 185 g/mol. The quantitative estimate of drug-likeness (QED) is 0.514. The van der Waals surface area contributed by atoms with Gasteiger partial charge in [-0.25, -0.2) is 4.39 Å². The molecule has 0 amide bonds. The Hall–Kier alpha value is -0.830. The van der Waals surface area contributed by atoms with Gasteiger partial charge in [0.2, 0.25) is 0 Å². The number of thiol groups is 1. The largest absolute Gasteiger partial charge is 0.308 e. The molecule has 0 saturated carbocycles. The fraction of sp³-hybridized carbons (Fsp3) is 0.300. The molecule has 0 fully saturated rings.